The van der Waals surface area contributed by atoms with Gasteiger partial charge < -0.3 is 42.5 Å². The van der Waals surface area contributed by atoms with E-state index in [2.05, 4.69) is 94.5 Å². The van der Waals surface area contributed by atoms with Crippen molar-refractivity contribution < 1.29 is 0 Å². The van der Waals surface area contributed by atoms with Crippen LogP contribution in [0.25, 0.3) is 11.1 Å². The second kappa shape index (κ2) is 16.4. The molecule has 2 aromatic heterocycles. The molecule has 10 nitrogen and oxygen atoms in total. The molecule has 0 saturated carbocycles. The Kier molecular flexibility index (Phi) is 12.7. The highest BCUT2D eigenvalue weighted by Gasteiger charge is 2.18. The molecule has 10 heteroatoms. The Morgan fingerprint density at radius 2 is 0.625 bits per heavy atom. The first-order chi connectivity index (χ1) is 19.5. The molecule has 2 aliphatic rings. The second-order valence-electron chi connectivity index (χ2n) is 11.1. The molecule has 4 rings (SSSR count). The van der Waals surface area contributed by atoms with Gasteiger partial charge in [-0.3, -0.25) is 9.97 Å². The molecule has 0 saturated heterocycles. The van der Waals surface area contributed by atoms with Gasteiger partial charge in [0.05, 0.1) is 22.8 Å². The van der Waals surface area contributed by atoms with Crippen molar-refractivity contribution in [2.45, 2.75) is 51.9 Å². The van der Waals surface area contributed by atoms with E-state index in [9.17, 15) is 0 Å². The number of rotatable bonds is 1. The molecule has 40 heavy (non-hydrogen) atoms. The first-order valence-corrected chi connectivity index (χ1v) is 15.3. The third kappa shape index (κ3) is 9.53. The number of hydrogen-bond donors (Lipinski definition) is 8. The Morgan fingerprint density at radius 1 is 0.400 bits per heavy atom. The molecule has 0 spiro atoms. The topological polar surface area (TPSA) is 122 Å². The van der Waals surface area contributed by atoms with Crippen LogP contribution < -0.4 is 42.5 Å². The van der Waals surface area contributed by atoms with Crippen molar-refractivity contribution in [2.24, 2.45) is 0 Å². The molecule has 222 valence electrons. The molecular formula is C30H52N10. The highest BCUT2D eigenvalue weighted by molar-refractivity contribution is 5.65. The molecule has 2 aromatic rings. The molecular weight excluding hydrogens is 500 g/mol. The van der Waals surface area contributed by atoms with Crippen LogP contribution in [0.1, 0.15) is 74.6 Å². The average molecular weight is 553 g/mol. The average Bonchev–Trinajstić information content (AvgIpc) is 2.97. The summed E-state index contributed by atoms with van der Waals surface area (Å²) >= 11 is 0. The van der Waals surface area contributed by atoms with Gasteiger partial charge in [0.1, 0.15) is 0 Å². The van der Waals surface area contributed by atoms with Gasteiger partial charge in [-0.25, -0.2) is 0 Å². The predicted octanol–water partition coefficient (Wildman–Crippen LogP) is 1.13. The summed E-state index contributed by atoms with van der Waals surface area (Å²) in [5.41, 5.74) is 6.66. The summed E-state index contributed by atoms with van der Waals surface area (Å²) < 4.78 is 0. The van der Waals surface area contributed by atoms with Crippen LogP contribution in [0, 0.1) is 0 Å². The third-order valence-electron chi connectivity index (χ3n) is 7.80. The van der Waals surface area contributed by atoms with Crippen LogP contribution >= 0.6 is 0 Å². The summed E-state index contributed by atoms with van der Waals surface area (Å²) in [6.45, 7) is 20.1. The van der Waals surface area contributed by atoms with E-state index in [0.717, 1.165) is 101 Å². The van der Waals surface area contributed by atoms with Gasteiger partial charge in [0, 0.05) is 103 Å². The number of fused-ring (bicyclic) bond motifs is 4. The monoisotopic (exact) mass is 552 g/mol. The van der Waals surface area contributed by atoms with E-state index in [0.29, 0.717) is 0 Å². The Bertz CT molecular complexity index is 878. The lowest BCUT2D eigenvalue weighted by atomic mass is 9.98. The molecule has 0 radical (unpaired) electrons. The molecule has 4 heterocycles. The van der Waals surface area contributed by atoms with Gasteiger partial charge in [0.2, 0.25) is 0 Å². The quantitative estimate of drug-likeness (QED) is 0.261. The van der Waals surface area contributed by atoms with Gasteiger partial charge in [-0.15, -0.1) is 0 Å². The molecule has 0 aromatic carbocycles. The van der Waals surface area contributed by atoms with Gasteiger partial charge in [0.25, 0.3) is 0 Å². The van der Waals surface area contributed by atoms with Crippen LogP contribution in [-0.4, -0.2) is 88.5 Å². The first-order valence-electron chi connectivity index (χ1n) is 15.3. The lowest BCUT2D eigenvalue weighted by Gasteiger charge is -2.22. The Morgan fingerprint density at radius 3 is 0.875 bits per heavy atom. The van der Waals surface area contributed by atoms with Crippen molar-refractivity contribution in [2.75, 3.05) is 78.5 Å². The fraction of sp³-hybridized carbons (Fsp3) is 0.667. The van der Waals surface area contributed by atoms with E-state index in [1.807, 2.05) is 0 Å². The largest absolute Gasteiger partial charge is 0.314 e. The lowest BCUT2D eigenvalue weighted by molar-refractivity contribution is 0.528. The third-order valence-corrected chi connectivity index (χ3v) is 7.80. The van der Waals surface area contributed by atoms with E-state index in [1.54, 1.807) is 0 Å². The number of nitrogens with one attached hydrogen (secondary N) is 8. The summed E-state index contributed by atoms with van der Waals surface area (Å²) in [6, 6.07) is 9.62. The van der Waals surface area contributed by atoms with E-state index < -0.39 is 0 Å². The summed E-state index contributed by atoms with van der Waals surface area (Å²) in [6.07, 6.45) is 0. The van der Waals surface area contributed by atoms with Crippen LogP contribution in [0.2, 0.25) is 0 Å². The minimum absolute atomic E-state index is 0.146. The van der Waals surface area contributed by atoms with Crippen molar-refractivity contribution in [3.05, 3.63) is 47.0 Å². The van der Waals surface area contributed by atoms with Crippen molar-refractivity contribution in [1.29, 1.82) is 0 Å². The molecule has 0 aliphatic carbocycles. The van der Waals surface area contributed by atoms with Crippen LogP contribution in [0.3, 0.4) is 0 Å². The first kappa shape index (κ1) is 30.9. The Hall–Kier alpha value is -2.02. The standard InChI is InChI=1S/C30H52N10/c1-21-27-17-25(18-28(39-27)22(2)36-14-10-32-6-5-31-9-13-35-21)26-19-29-23(3)37-15-11-33-7-8-34-12-16-38-24(4)30(20-26)40-29/h17-24,31-38H,5-16H2,1-4H3. The molecule has 0 fully saturated rings. The maximum Gasteiger partial charge on any atom is 0.0580 e. The fourth-order valence-electron chi connectivity index (χ4n) is 5.15. The normalized spacial score (nSPS) is 27.0. The van der Waals surface area contributed by atoms with Gasteiger partial charge in [-0.2, -0.15) is 0 Å². The molecule has 0 amide bonds. The maximum atomic E-state index is 5.13. The zero-order valence-corrected chi connectivity index (χ0v) is 25.0. The van der Waals surface area contributed by atoms with Crippen LogP contribution in [0.4, 0.5) is 0 Å². The van der Waals surface area contributed by atoms with Crippen molar-refractivity contribution in [3.8, 4) is 11.1 Å². The number of pyridine rings is 2. The number of nitrogens with zero attached hydrogens (tertiary/aromatic N) is 2. The van der Waals surface area contributed by atoms with Gasteiger partial charge in [-0.1, -0.05) is 0 Å². The van der Waals surface area contributed by atoms with E-state index in [4.69, 9.17) is 9.97 Å². The van der Waals surface area contributed by atoms with Crippen LogP contribution in [-0.2, 0) is 0 Å². The SMILES string of the molecule is CC1NCCNCCNCCNC(C)c2cc(-c3cc4nc(c3)C(C)NCCNCCNCCNC4C)cc1n2. The Labute approximate surface area is 241 Å². The van der Waals surface area contributed by atoms with Crippen molar-refractivity contribution in [3.63, 3.8) is 0 Å². The summed E-state index contributed by atoms with van der Waals surface area (Å²) in [4.78, 5) is 10.3. The minimum Gasteiger partial charge on any atom is -0.314 e. The minimum atomic E-state index is 0.146. The molecule has 8 N–H and O–H groups in total. The lowest BCUT2D eigenvalue weighted by Crippen LogP contribution is -2.35. The molecule has 4 atom stereocenters. The molecule has 4 unspecified atom stereocenters. The predicted molar refractivity (Wildman–Crippen MR) is 165 cm³/mol. The van der Waals surface area contributed by atoms with Crippen molar-refractivity contribution >= 4 is 0 Å². The van der Waals surface area contributed by atoms with Gasteiger partial charge >= 0.3 is 0 Å². The van der Waals surface area contributed by atoms with Gasteiger partial charge in [0.15, 0.2) is 0 Å². The van der Waals surface area contributed by atoms with E-state index in [1.165, 1.54) is 11.1 Å². The Balaban J connectivity index is 1.69. The van der Waals surface area contributed by atoms with Crippen LogP contribution in [0.15, 0.2) is 24.3 Å². The highest BCUT2D eigenvalue weighted by atomic mass is 15.0. The zero-order valence-electron chi connectivity index (χ0n) is 25.0. The van der Waals surface area contributed by atoms with Gasteiger partial charge in [-0.05, 0) is 63.1 Å². The molecule has 4 bridgehead atoms. The van der Waals surface area contributed by atoms with Crippen LogP contribution in [0.5, 0.6) is 0 Å². The number of aromatic nitrogens is 2. The number of hydrogen-bond acceptors (Lipinski definition) is 10. The smallest absolute Gasteiger partial charge is 0.0580 e. The van der Waals surface area contributed by atoms with Crippen molar-refractivity contribution in [1.82, 2.24) is 52.5 Å². The van der Waals surface area contributed by atoms with E-state index >= 15 is 0 Å². The molecule has 2 aliphatic heterocycles. The fourth-order valence-corrected chi connectivity index (χ4v) is 5.15. The maximum absolute atomic E-state index is 5.13. The zero-order chi connectivity index (χ0) is 28.2. The second-order valence-corrected chi connectivity index (χ2v) is 11.1. The van der Waals surface area contributed by atoms with E-state index in [-0.39, 0.29) is 24.2 Å². The summed E-state index contributed by atoms with van der Waals surface area (Å²) in [5.74, 6) is 0. The summed E-state index contributed by atoms with van der Waals surface area (Å²) in [7, 11) is 0. The summed E-state index contributed by atoms with van der Waals surface area (Å²) in [5, 5.41) is 28.7. The highest BCUT2D eigenvalue weighted by Crippen LogP contribution is 2.29.